The van der Waals surface area contributed by atoms with Crippen LogP contribution in [0.3, 0.4) is 0 Å². The molecule has 16 heavy (non-hydrogen) atoms. The summed E-state index contributed by atoms with van der Waals surface area (Å²) in [5, 5.41) is 13.0. The summed E-state index contributed by atoms with van der Waals surface area (Å²) in [7, 11) is 3.49. The van der Waals surface area contributed by atoms with Gasteiger partial charge in [0.05, 0.1) is 7.11 Å². The third kappa shape index (κ3) is 2.89. The molecule has 0 saturated carbocycles. The number of hydrogen-bond donors (Lipinski definition) is 2. The van der Waals surface area contributed by atoms with Gasteiger partial charge in [-0.2, -0.15) is 0 Å². The van der Waals surface area contributed by atoms with Gasteiger partial charge >= 0.3 is 0 Å². The van der Waals surface area contributed by atoms with E-state index in [-0.39, 0.29) is 5.75 Å². The lowest BCUT2D eigenvalue weighted by Crippen LogP contribution is -2.10. The van der Waals surface area contributed by atoms with E-state index in [1.165, 1.54) is 5.56 Å². The maximum Gasteiger partial charge on any atom is 0.161 e. The predicted octanol–water partition coefficient (Wildman–Crippen LogP) is 2.29. The van der Waals surface area contributed by atoms with Gasteiger partial charge in [0.25, 0.3) is 0 Å². The van der Waals surface area contributed by atoms with E-state index in [9.17, 15) is 5.11 Å². The molecule has 0 heterocycles. The minimum atomic E-state index is 0.266. The molecule has 1 aromatic rings. The lowest BCUT2D eigenvalue weighted by atomic mass is 9.98. The molecule has 0 aliphatic rings. The van der Waals surface area contributed by atoms with Gasteiger partial charge in [-0.25, -0.2) is 0 Å². The first-order chi connectivity index (χ1) is 7.60. The van der Waals surface area contributed by atoms with Crippen LogP contribution in [0.15, 0.2) is 12.1 Å². The van der Waals surface area contributed by atoms with Gasteiger partial charge in [0.2, 0.25) is 0 Å². The van der Waals surface area contributed by atoms with Crippen LogP contribution in [0.25, 0.3) is 0 Å². The average molecular weight is 223 g/mol. The van der Waals surface area contributed by atoms with E-state index >= 15 is 0 Å². The van der Waals surface area contributed by atoms with Crippen LogP contribution in [-0.4, -0.2) is 25.8 Å². The first-order valence-corrected chi connectivity index (χ1v) is 5.64. The SMILES string of the molecule is CNCCc1cc(C(C)C)cc(OC)c1O. The van der Waals surface area contributed by atoms with Gasteiger partial charge in [-0.05, 0) is 43.1 Å². The summed E-state index contributed by atoms with van der Waals surface area (Å²) in [6.45, 7) is 5.11. The maximum absolute atomic E-state index is 9.97. The van der Waals surface area contributed by atoms with Crippen LogP contribution in [0.5, 0.6) is 11.5 Å². The summed E-state index contributed by atoms with van der Waals surface area (Å²) in [4.78, 5) is 0. The normalized spacial score (nSPS) is 10.8. The second-order valence-corrected chi connectivity index (χ2v) is 4.24. The number of ether oxygens (including phenoxy) is 1. The highest BCUT2D eigenvalue weighted by Gasteiger charge is 2.11. The molecule has 1 rings (SSSR count). The standard InChI is InChI=1S/C13H21NO2/c1-9(2)11-7-10(5-6-14-3)13(15)12(8-11)16-4/h7-9,14-15H,5-6H2,1-4H3. The van der Waals surface area contributed by atoms with E-state index in [1.54, 1.807) is 7.11 Å². The number of rotatable bonds is 5. The van der Waals surface area contributed by atoms with Crippen molar-refractivity contribution in [2.75, 3.05) is 20.7 Å². The molecule has 0 bridgehead atoms. The second-order valence-electron chi connectivity index (χ2n) is 4.24. The first kappa shape index (κ1) is 12.8. The Morgan fingerprint density at radius 1 is 1.38 bits per heavy atom. The van der Waals surface area contributed by atoms with Gasteiger partial charge in [0.15, 0.2) is 11.5 Å². The molecule has 2 N–H and O–H groups in total. The Labute approximate surface area is 97.4 Å². The van der Waals surface area contributed by atoms with Crippen LogP contribution in [0, 0.1) is 0 Å². The molecule has 0 spiro atoms. The lowest BCUT2D eigenvalue weighted by Gasteiger charge is -2.14. The molecule has 0 saturated heterocycles. The van der Waals surface area contributed by atoms with Crippen LogP contribution in [-0.2, 0) is 6.42 Å². The monoisotopic (exact) mass is 223 g/mol. The Kier molecular flexibility index (Phi) is 4.62. The summed E-state index contributed by atoms with van der Waals surface area (Å²) in [6.07, 6.45) is 0.805. The van der Waals surface area contributed by atoms with E-state index in [4.69, 9.17) is 4.74 Å². The van der Waals surface area contributed by atoms with E-state index in [2.05, 4.69) is 25.2 Å². The van der Waals surface area contributed by atoms with Crippen molar-refractivity contribution in [1.29, 1.82) is 0 Å². The van der Waals surface area contributed by atoms with Crippen molar-refractivity contribution < 1.29 is 9.84 Å². The molecule has 0 unspecified atom stereocenters. The fraction of sp³-hybridized carbons (Fsp3) is 0.538. The number of benzene rings is 1. The molecular weight excluding hydrogens is 202 g/mol. The fourth-order valence-corrected chi connectivity index (χ4v) is 1.63. The minimum absolute atomic E-state index is 0.266. The molecule has 0 aliphatic heterocycles. The number of nitrogens with one attached hydrogen (secondary N) is 1. The molecule has 3 nitrogen and oxygen atoms in total. The highest BCUT2D eigenvalue weighted by Crippen LogP contribution is 2.34. The van der Waals surface area contributed by atoms with Crippen molar-refractivity contribution in [3.63, 3.8) is 0 Å². The number of phenols is 1. The fourth-order valence-electron chi connectivity index (χ4n) is 1.63. The van der Waals surface area contributed by atoms with Gasteiger partial charge in [0.1, 0.15) is 0 Å². The summed E-state index contributed by atoms with van der Waals surface area (Å²) >= 11 is 0. The van der Waals surface area contributed by atoms with Gasteiger partial charge < -0.3 is 15.2 Å². The molecule has 1 aromatic carbocycles. The largest absolute Gasteiger partial charge is 0.504 e. The smallest absolute Gasteiger partial charge is 0.161 e. The zero-order valence-electron chi connectivity index (χ0n) is 10.5. The number of hydrogen-bond acceptors (Lipinski definition) is 3. The van der Waals surface area contributed by atoms with Crippen molar-refractivity contribution in [2.45, 2.75) is 26.2 Å². The highest BCUT2D eigenvalue weighted by atomic mass is 16.5. The molecule has 0 amide bonds. The van der Waals surface area contributed by atoms with E-state index in [1.807, 2.05) is 13.1 Å². The maximum atomic E-state index is 9.97. The van der Waals surface area contributed by atoms with Crippen LogP contribution < -0.4 is 10.1 Å². The molecule has 0 fully saturated rings. The van der Waals surface area contributed by atoms with Crippen molar-refractivity contribution in [3.8, 4) is 11.5 Å². The van der Waals surface area contributed by atoms with E-state index in [0.29, 0.717) is 11.7 Å². The van der Waals surface area contributed by atoms with Gasteiger partial charge in [-0.3, -0.25) is 0 Å². The number of methoxy groups -OCH3 is 1. The average Bonchev–Trinajstić information content (AvgIpc) is 2.27. The topological polar surface area (TPSA) is 41.5 Å². The Balaban J connectivity index is 3.08. The quantitative estimate of drug-likeness (QED) is 0.804. The summed E-state index contributed by atoms with van der Waals surface area (Å²) in [5.74, 6) is 1.27. The van der Waals surface area contributed by atoms with E-state index in [0.717, 1.165) is 18.5 Å². The van der Waals surface area contributed by atoms with E-state index < -0.39 is 0 Å². The van der Waals surface area contributed by atoms with Gasteiger partial charge in [0, 0.05) is 0 Å². The third-order valence-electron chi connectivity index (χ3n) is 2.71. The Bertz CT molecular complexity index is 348. The molecule has 90 valence electrons. The Morgan fingerprint density at radius 3 is 2.56 bits per heavy atom. The first-order valence-electron chi connectivity index (χ1n) is 5.64. The lowest BCUT2D eigenvalue weighted by molar-refractivity contribution is 0.369. The molecule has 0 aromatic heterocycles. The van der Waals surface area contributed by atoms with Gasteiger partial charge in [-0.15, -0.1) is 0 Å². The highest BCUT2D eigenvalue weighted by molar-refractivity contribution is 5.49. The summed E-state index contributed by atoms with van der Waals surface area (Å²) in [5.41, 5.74) is 2.14. The van der Waals surface area contributed by atoms with Crippen molar-refractivity contribution in [2.24, 2.45) is 0 Å². The zero-order chi connectivity index (χ0) is 12.1. The molecule has 0 aliphatic carbocycles. The number of aromatic hydroxyl groups is 1. The summed E-state index contributed by atoms with van der Waals surface area (Å²) < 4.78 is 5.19. The van der Waals surface area contributed by atoms with Crippen LogP contribution in [0.4, 0.5) is 0 Å². The Morgan fingerprint density at radius 2 is 2.06 bits per heavy atom. The zero-order valence-corrected chi connectivity index (χ0v) is 10.5. The molecule has 0 atom stereocenters. The molecular formula is C13H21NO2. The van der Waals surface area contributed by atoms with Gasteiger partial charge in [-0.1, -0.05) is 19.9 Å². The minimum Gasteiger partial charge on any atom is -0.504 e. The Hall–Kier alpha value is -1.22. The number of phenolic OH excluding ortho intramolecular Hbond substituents is 1. The summed E-state index contributed by atoms with van der Waals surface area (Å²) in [6, 6.07) is 3.96. The van der Waals surface area contributed by atoms with Crippen LogP contribution in [0.1, 0.15) is 30.9 Å². The number of likely N-dealkylation sites (N-methyl/N-ethyl adjacent to an activating group) is 1. The van der Waals surface area contributed by atoms with Crippen LogP contribution in [0.2, 0.25) is 0 Å². The van der Waals surface area contributed by atoms with Crippen molar-refractivity contribution >= 4 is 0 Å². The van der Waals surface area contributed by atoms with Crippen molar-refractivity contribution in [1.82, 2.24) is 5.32 Å². The molecule has 0 radical (unpaired) electrons. The van der Waals surface area contributed by atoms with Crippen LogP contribution >= 0.6 is 0 Å². The molecule has 3 heteroatoms. The van der Waals surface area contributed by atoms with Crippen molar-refractivity contribution in [3.05, 3.63) is 23.3 Å². The third-order valence-corrected chi connectivity index (χ3v) is 2.71. The second kappa shape index (κ2) is 5.75. The predicted molar refractivity (Wildman–Crippen MR) is 66.4 cm³/mol.